The summed E-state index contributed by atoms with van der Waals surface area (Å²) in [5, 5.41) is 23.2. The molecule has 0 spiro atoms. The Morgan fingerprint density at radius 2 is 1.94 bits per heavy atom. The number of carbonyl (C=O) groups is 1. The Morgan fingerprint density at radius 3 is 2.53 bits per heavy atom. The third-order valence-corrected chi connectivity index (χ3v) is 3.04. The molecule has 2 aromatic rings. The number of nitrogens with one attached hydrogen (secondary N) is 1. The van der Waals surface area contributed by atoms with Crippen LogP contribution in [0.3, 0.4) is 0 Å². The number of thiophene rings is 1. The number of phenolic OH excluding ortho intramolecular Hbond substituents is 2. The maximum absolute atomic E-state index is 11.7. The zero-order valence-corrected chi connectivity index (χ0v) is 9.70. The molecular weight excluding hydrogens is 238 g/mol. The zero-order valence-electron chi connectivity index (χ0n) is 8.88. The molecule has 0 bridgehead atoms. The summed E-state index contributed by atoms with van der Waals surface area (Å²) in [5.74, 6) is -0.595. The molecule has 0 fully saturated rings. The van der Waals surface area contributed by atoms with E-state index in [-0.39, 0.29) is 23.0 Å². The molecule has 0 saturated carbocycles. The van der Waals surface area contributed by atoms with E-state index in [0.29, 0.717) is 6.54 Å². The van der Waals surface area contributed by atoms with Crippen LogP contribution in [0.2, 0.25) is 0 Å². The Labute approximate surface area is 102 Å². The van der Waals surface area contributed by atoms with Crippen molar-refractivity contribution in [2.75, 3.05) is 0 Å². The van der Waals surface area contributed by atoms with Gasteiger partial charge in [-0.3, -0.25) is 4.79 Å². The predicted molar refractivity (Wildman–Crippen MR) is 65.3 cm³/mol. The molecule has 0 aliphatic rings. The van der Waals surface area contributed by atoms with Crippen LogP contribution in [0.25, 0.3) is 0 Å². The zero-order chi connectivity index (χ0) is 12.3. The number of benzene rings is 1. The first-order valence-electron chi connectivity index (χ1n) is 4.99. The Balaban J connectivity index is 2.04. The molecule has 17 heavy (non-hydrogen) atoms. The summed E-state index contributed by atoms with van der Waals surface area (Å²) >= 11 is 1.55. The number of hydrogen-bond donors (Lipinski definition) is 3. The van der Waals surface area contributed by atoms with Gasteiger partial charge < -0.3 is 15.5 Å². The molecule has 1 aromatic heterocycles. The highest BCUT2D eigenvalue weighted by atomic mass is 32.1. The standard InChI is InChI=1S/C12H11NO3S/c14-9-4-8(5-10(15)6-9)12(16)13-7-11-2-1-3-17-11/h1-6,14-15H,7H2,(H,13,16). The molecule has 5 heteroatoms. The molecule has 1 amide bonds. The van der Waals surface area contributed by atoms with Crippen molar-refractivity contribution in [3.63, 3.8) is 0 Å². The minimum absolute atomic E-state index is 0.133. The highest BCUT2D eigenvalue weighted by Crippen LogP contribution is 2.20. The number of rotatable bonds is 3. The van der Waals surface area contributed by atoms with Gasteiger partial charge in [-0.15, -0.1) is 11.3 Å². The second kappa shape index (κ2) is 4.88. The van der Waals surface area contributed by atoms with Crippen molar-refractivity contribution in [3.8, 4) is 11.5 Å². The van der Waals surface area contributed by atoms with Crippen molar-refractivity contribution in [2.24, 2.45) is 0 Å². The lowest BCUT2D eigenvalue weighted by Gasteiger charge is -2.04. The fraction of sp³-hybridized carbons (Fsp3) is 0.0833. The van der Waals surface area contributed by atoms with Crippen LogP contribution >= 0.6 is 11.3 Å². The van der Waals surface area contributed by atoms with Crippen LogP contribution in [0.4, 0.5) is 0 Å². The summed E-state index contributed by atoms with van der Waals surface area (Å²) in [6.07, 6.45) is 0. The molecular formula is C12H11NO3S. The molecule has 0 unspecified atom stereocenters. The smallest absolute Gasteiger partial charge is 0.251 e. The summed E-state index contributed by atoms with van der Waals surface area (Å²) < 4.78 is 0. The third-order valence-electron chi connectivity index (χ3n) is 2.17. The van der Waals surface area contributed by atoms with Crippen molar-refractivity contribution < 1.29 is 15.0 Å². The van der Waals surface area contributed by atoms with Gasteiger partial charge in [0.15, 0.2) is 0 Å². The highest BCUT2D eigenvalue weighted by Gasteiger charge is 2.08. The van der Waals surface area contributed by atoms with E-state index in [1.807, 2.05) is 17.5 Å². The van der Waals surface area contributed by atoms with E-state index in [1.54, 1.807) is 11.3 Å². The molecule has 0 saturated heterocycles. The van der Waals surface area contributed by atoms with Gasteiger partial charge in [-0.25, -0.2) is 0 Å². The fourth-order valence-corrected chi connectivity index (χ4v) is 2.05. The quantitative estimate of drug-likeness (QED) is 0.780. The van der Waals surface area contributed by atoms with E-state index in [0.717, 1.165) is 4.88 Å². The van der Waals surface area contributed by atoms with E-state index < -0.39 is 0 Å². The van der Waals surface area contributed by atoms with Crippen LogP contribution in [0.5, 0.6) is 11.5 Å². The number of phenols is 2. The van der Waals surface area contributed by atoms with Gasteiger partial charge in [0.25, 0.3) is 5.91 Å². The first-order valence-corrected chi connectivity index (χ1v) is 5.87. The van der Waals surface area contributed by atoms with Gasteiger partial charge in [0.1, 0.15) is 11.5 Å². The highest BCUT2D eigenvalue weighted by molar-refractivity contribution is 7.09. The molecule has 0 aliphatic heterocycles. The average Bonchev–Trinajstić information content (AvgIpc) is 2.77. The normalized spacial score (nSPS) is 10.1. The molecule has 0 atom stereocenters. The van der Waals surface area contributed by atoms with Gasteiger partial charge in [-0.1, -0.05) is 6.07 Å². The Morgan fingerprint density at radius 1 is 1.24 bits per heavy atom. The van der Waals surface area contributed by atoms with E-state index in [1.165, 1.54) is 18.2 Å². The summed E-state index contributed by atoms with van der Waals surface area (Å²) in [5.41, 5.74) is 0.235. The van der Waals surface area contributed by atoms with Crippen LogP contribution < -0.4 is 5.32 Å². The van der Waals surface area contributed by atoms with Crippen molar-refractivity contribution in [1.29, 1.82) is 0 Å². The van der Waals surface area contributed by atoms with Crippen LogP contribution in [0.1, 0.15) is 15.2 Å². The minimum Gasteiger partial charge on any atom is -0.508 e. The lowest BCUT2D eigenvalue weighted by molar-refractivity contribution is 0.0950. The van der Waals surface area contributed by atoms with E-state index in [9.17, 15) is 15.0 Å². The van der Waals surface area contributed by atoms with Crippen LogP contribution in [0.15, 0.2) is 35.7 Å². The average molecular weight is 249 g/mol. The number of hydrogen-bond acceptors (Lipinski definition) is 4. The van der Waals surface area contributed by atoms with Crippen molar-refractivity contribution >= 4 is 17.2 Å². The van der Waals surface area contributed by atoms with Crippen molar-refractivity contribution in [3.05, 3.63) is 46.2 Å². The number of aromatic hydroxyl groups is 2. The Hall–Kier alpha value is -2.01. The Kier molecular flexibility index (Phi) is 3.30. The first kappa shape index (κ1) is 11.5. The summed E-state index contributed by atoms with van der Waals surface area (Å²) in [7, 11) is 0. The van der Waals surface area contributed by atoms with E-state index in [4.69, 9.17) is 0 Å². The van der Waals surface area contributed by atoms with Gasteiger partial charge >= 0.3 is 0 Å². The van der Waals surface area contributed by atoms with Crippen LogP contribution in [-0.2, 0) is 6.54 Å². The van der Waals surface area contributed by atoms with Gasteiger partial charge in [0.05, 0.1) is 6.54 Å². The minimum atomic E-state index is -0.329. The monoisotopic (exact) mass is 249 g/mol. The summed E-state index contributed by atoms with van der Waals surface area (Å²) in [6.45, 7) is 0.437. The lowest BCUT2D eigenvalue weighted by atomic mass is 10.2. The summed E-state index contributed by atoms with van der Waals surface area (Å²) in [4.78, 5) is 12.8. The van der Waals surface area contributed by atoms with Crippen molar-refractivity contribution in [2.45, 2.75) is 6.54 Å². The van der Waals surface area contributed by atoms with Crippen LogP contribution in [0, 0.1) is 0 Å². The SMILES string of the molecule is O=C(NCc1cccs1)c1cc(O)cc(O)c1. The van der Waals surface area contributed by atoms with Gasteiger partial charge in [-0.05, 0) is 23.6 Å². The lowest BCUT2D eigenvalue weighted by Crippen LogP contribution is -2.22. The topological polar surface area (TPSA) is 69.6 Å². The second-order valence-corrected chi connectivity index (χ2v) is 4.53. The van der Waals surface area contributed by atoms with E-state index >= 15 is 0 Å². The molecule has 3 N–H and O–H groups in total. The molecule has 0 radical (unpaired) electrons. The molecule has 1 aromatic carbocycles. The number of amides is 1. The molecule has 0 aliphatic carbocycles. The first-order chi connectivity index (χ1) is 8.15. The van der Waals surface area contributed by atoms with Gasteiger partial charge in [0, 0.05) is 16.5 Å². The maximum Gasteiger partial charge on any atom is 0.251 e. The van der Waals surface area contributed by atoms with Crippen molar-refractivity contribution in [1.82, 2.24) is 5.32 Å². The molecule has 4 nitrogen and oxygen atoms in total. The molecule has 1 heterocycles. The second-order valence-electron chi connectivity index (χ2n) is 3.50. The molecule has 88 valence electrons. The van der Waals surface area contributed by atoms with E-state index in [2.05, 4.69) is 5.32 Å². The Bertz CT molecular complexity index is 502. The summed E-state index contributed by atoms with van der Waals surface area (Å²) in [6, 6.07) is 7.63. The largest absolute Gasteiger partial charge is 0.508 e. The molecule has 2 rings (SSSR count). The fourth-order valence-electron chi connectivity index (χ4n) is 1.41. The maximum atomic E-state index is 11.7. The van der Waals surface area contributed by atoms with Gasteiger partial charge in [0.2, 0.25) is 0 Å². The van der Waals surface area contributed by atoms with Crippen LogP contribution in [-0.4, -0.2) is 16.1 Å². The van der Waals surface area contributed by atoms with Gasteiger partial charge in [-0.2, -0.15) is 0 Å². The number of carbonyl (C=O) groups excluding carboxylic acids is 1. The predicted octanol–water partition coefficient (Wildman–Crippen LogP) is 2.09. The third kappa shape index (κ3) is 2.98.